The van der Waals surface area contributed by atoms with Crippen LogP contribution in [-0.2, 0) is 28.8 Å². The summed E-state index contributed by atoms with van der Waals surface area (Å²) in [7, 11) is 0. The third-order valence-electron chi connectivity index (χ3n) is 6.01. The highest BCUT2D eigenvalue weighted by Gasteiger charge is 2.42. The smallest absolute Gasteiger partial charge is 0.306 e. The molecular weight excluding hydrogens is 468 g/mol. The third-order valence-corrected chi connectivity index (χ3v) is 6.01. The van der Waals surface area contributed by atoms with Gasteiger partial charge in [0.1, 0.15) is 36.6 Å². The van der Waals surface area contributed by atoms with E-state index in [-0.39, 0.29) is 32.2 Å². The molecular formula is C27H30O9. The number of benzene rings is 2. The minimum absolute atomic E-state index is 0.0410. The van der Waals surface area contributed by atoms with Gasteiger partial charge >= 0.3 is 11.9 Å². The van der Waals surface area contributed by atoms with Gasteiger partial charge in [0.05, 0.1) is 19.4 Å². The van der Waals surface area contributed by atoms with E-state index in [0.29, 0.717) is 23.9 Å². The first-order valence-electron chi connectivity index (χ1n) is 12.0. The molecule has 9 nitrogen and oxygen atoms in total. The first-order valence-corrected chi connectivity index (χ1v) is 12.0. The minimum Gasteiger partial charge on any atom is -0.490 e. The largest absolute Gasteiger partial charge is 0.490 e. The lowest BCUT2D eigenvalue weighted by molar-refractivity contribution is -0.475. The molecule has 4 rings (SSSR count). The zero-order valence-corrected chi connectivity index (χ0v) is 20.0. The van der Waals surface area contributed by atoms with Crippen molar-refractivity contribution in [2.75, 3.05) is 19.8 Å². The second kappa shape index (κ2) is 12.0. The monoisotopic (exact) mass is 498 g/mol. The number of hydrogen-bond acceptors (Lipinski definition) is 8. The maximum atomic E-state index is 11.4. The summed E-state index contributed by atoms with van der Waals surface area (Å²) in [4.78, 5) is 33.0. The quantitative estimate of drug-likeness (QED) is 0.263. The van der Waals surface area contributed by atoms with Crippen molar-refractivity contribution in [3.8, 4) is 17.2 Å². The fourth-order valence-electron chi connectivity index (χ4n) is 3.98. The number of carbonyl (C=O) groups excluding carboxylic acids is 1. The number of carbonyl (C=O) groups is 2. The number of ether oxygens (including phenoxy) is 4. The topological polar surface area (TPSA) is 110 Å². The van der Waals surface area contributed by atoms with Gasteiger partial charge in [-0.2, -0.15) is 0 Å². The highest BCUT2D eigenvalue weighted by atomic mass is 17.2. The summed E-state index contributed by atoms with van der Waals surface area (Å²) in [6, 6.07) is 14.6. The molecule has 1 saturated heterocycles. The summed E-state index contributed by atoms with van der Waals surface area (Å²) < 4.78 is 22.3. The predicted octanol–water partition coefficient (Wildman–Crippen LogP) is 4.90. The number of rotatable bonds is 11. The molecule has 1 aliphatic heterocycles. The summed E-state index contributed by atoms with van der Waals surface area (Å²) in [5.41, 5.74) is 1.69. The van der Waals surface area contributed by atoms with E-state index in [9.17, 15) is 9.59 Å². The van der Waals surface area contributed by atoms with Crippen molar-refractivity contribution in [3.63, 3.8) is 0 Å². The van der Waals surface area contributed by atoms with Crippen LogP contribution in [0.5, 0.6) is 17.2 Å². The van der Waals surface area contributed by atoms with E-state index in [2.05, 4.69) is 6.58 Å². The van der Waals surface area contributed by atoms with Crippen molar-refractivity contribution in [3.05, 3.63) is 60.7 Å². The van der Waals surface area contributed by atoms with E-state index < -0.39 is 17.7 Å². The van der Waals surface area contributed by atoms with Gasteiger partial charge in [-0.3, -0.25) is 9.59 Å². The van der Waals surface area contributed by atoms with E-state index in [1.165, 1.54) is 0 Å². The second-order valence-electron chi connectivity index (χ2n) is 8.68. The van der Waals surface area contributed by atoms with Gasteiger partial charge in [0.25, 0.3) is 0 Å². The van der Waals surface area contributed by atoms with Crippen molar-refractivity contribution in [2.45, 2.75) is 50.4 Å². The van der Waals surface area contributed by atoms with Crippen LogP contribution < -0.4 is 9.47 Å². The Morgan fingerprint density at radius 3 is 2.19 bits per heavy atom. The van der Waals surface area contributed by atoms with Crippen LogP contribution in [0.3, 0.4) is 0 Å². The summed E-state index contributed by atoms with van der Waals surface area (Å²) in [5, 5.41) is 8.55. The van der Waals surface area contributed by atoms with Gasteiger partial charge in [-0.25, -0.2) is 9.78 Å². The molecule has 1 heterocycles. The molecule has 1 atom stereocenters. The molecule has 1 aliphatic carbocycles. The predicted molar refractivity (Wildman–Crippen MR) is 128 cm³/mol. The summed E-state index contributed by atoms with van der Waals surface area (Å²) in [6.45, 7) is 4.77. The average molecular weight is 499 g/mol. The van der Waals surface area contributed by atoms with Crippen molar-refractivity contribution < 1.29 is 43.4 Å². The number of hydrogen-bond donors (Lipinski definition) is 1. The summed E-state index contributed by atoms with van der Waals surface area (Å²) in [5.74, 6) is -0.297. The first kappa shape index (κ1) is 25.7. The van der Waals surface area contributed by atoms with Crippen molar-refractivity contribution >= 4 is 17.5 Å². The van der Waals surface area contributed by atoms with Gasteiger partial charge in [0.2, 0.25) is 5.79 Å². The molecule has 9 heteroatoms. The maximum absolute atomic E-state index is 11.4. The van der Waals surface area contributed by atoms with Gasteiger partial charge in [-0.15, -0.1) is 0 Å². The lowest BCUT2D eigenvalue weighted by Gasteiger charge is -2.36. The van der Waals surface area contributed by atoms with E-state index in [1.807, 2.05) is 24.3 Å². The number of carboxylic acid groups (broad SMARTS) is 1. The Kier molecular flexibility index (Phi) is 8.58. The van der Waals surface area contributed by atoms with Crippen molar-refractivity contribution in [1.82, 2.24) is 0 Å². The van der Waals surface area contributed by atoms with Crippen LogP contribution in [0, 0.1) is 0 Å². The standard InChI is InChI=1S/C27H30O9/c1-19(24-18-33-27(36-35-24)14-2-3-15-27)20-4-6-22(7-5-20)34-23-10-8-21(9-11-23)31-16-17-32-26(30)13-12-25(28)29/h4-11,24H,1-3,12-18H2,(H,28,29). The zero-order chi connectivity index (χ0) is 25.4. The summed E-state index contributed by atoms with van der Waals surface area (Å²) >= 11 is 0. The molecule has 2 fully saturated rings. The minimum atomic E-state index is -1.04. The zero-order valence-electron chi connectivity index (χ0n) is 20.0. The maximum Gasteiger partial charge on any atom is 0.306 e. The van der Waals surface area contributed by atoms with Crippen molar-refractivity contribution in [2.24, 2.45) is 0 Å². The fraction of sp³-hybridized carbons (Fsp3) is 0.407. The Labute approximate surface area is 209 Å². The number of carboxylic acids is 1. The van der Waals surface area contributed by atoms with Gasteiger partial charge in [-0.1, -0.05) is 18.7 Å². The summed E-state index contributed by atoms with van der Waals surface area (Å²) in [6.07, 6.45) is 3.12. The number of esters is 1. The van der Waals surface area contributed by atoms with Gasteiger partial charge in [0.15, 0.2) is 0 Å². The van der Waals surface area contributed by atoms with Crippen LogP contribution in [-0.4, -0.2) is 48.8 Å². The van der Waals surface area contributed by atoms with Crippen molar-refractivity contribution in [1.29, 1.82) is 0 Å². The second-order valence-corrected chi connectivity index (χ2v) is 8.68. The molecule has 1 N–H and O–H groups in total. The van der Waals surface area contributed by atoms with E-state index >= 15 is 0 Å². The fourth-order valence-corrected chi connectivity index (χ4v) is 3.98. The van der Waals surface area contributed by atoms with Gasteiger partial charge in [0, 0.05) is 12.8 Å². The highest BCUT2D eigenvalue weighted by molar-refractivity contribution is 5.76. The van der Waals surface area contributed by atoms with E-state index in [0.717, 1.165) is 36.8 Å². The Balaban J connectivity index is 1.19. The van der Waals surface area contributed by atoms with Gasteiger partial charge < -0.3 is 24.1 Å². The lowest BCUT2D eigenvalue weighted by atomic mass is 10.0. The molecule has 0 amide bonds. The van der Waals surface area contributed by atoms with Crippen LogP contribution in [0.2, 0.25) is 0 Å². The highest BCUT2D eigenvalue weighted by Crippen LogP contribution is 2.39. The molecule has 1 unspecified atom stereocenters. The Morgan fingerprint density at radius 2 is 1.58 bits per heavy atom. The lowest BCUT2D eigenvalue weighted by Crippen LogP contribution is -2.43. The molecule has 0 aromatic heterocycles. The van der Waals surface area contributed by atoms with Crippen LogP contribution in [0.1, 0.15) is 44.1 Å². The van der Waals surface area contributed by atoms with Crippen LogP contribution in [0.15, 0.2) is 55.1 Å². The van der Waals surface area contributed by atoms with Crippen LogP contribution in [0.4, 0.5) is 0 Å². The Morgan fingerprint density at radius 1 is 0.944 bits per heavy atom. The molecule has 2 aromatic rings. The Hall–Kier alpha value is -3.40. The molecule has 0 bridgehead atoms. The molecule has 36 heavy (non-hydrogen) atoms. The molecule has 2 aromatic carbocycles. The van der Waals surface area contributed by atoms with E-state index in [1.54, 1.807) is 24.3 Å². The first-order chi connectivity index (χ1) is 17.4. The van der Waals surface area contributed by atoms with Gasteiger partial charge in [-0.05, 0) is 60.4 Å². The Bertz CT molecular complexity index is 1030. The normalized spacial score (nSPS) is 18.5. The molecule has 1 saturated carbocycles. The average Bonchev–Trinajstić information content (AvgIpc) is 3.34. The number of aliphatic carboxylic acids is 1. The van der Waals surface area contributed by atoms with Crippen LogP contribution >= 0.6 is 0 Å². The molecule has 2 aliphatic rings. The molecule has 0 radical (unpaired) electrons. The van der Waals surface area contributed by atoms with Crippen LogP contribution in [0.25, 0.3) is 5.57 Å². The SMILES string of the molecule is C=C(c1ccc(Oc2ccc(OCCOC(=O)CCC(=O)O)cc2)cc1)C1COC2(CCCC2)OO1. The molecule has 1 spiro atoms. The molecule has 192 valence electrons. The third kappa shape index (κ3) is 7.07. The van der Waals surface area contributed by atoms with E-state index in [4.69, 9.17) is 33.8 Å².